The van der Waals surface area contributed by atoms with Gasteiger partial charge >= 0.3 is 0 Å². The number of aryl methyl sites for hydroxylation is 1. The Bertz CT molecular complexity index is 613. The molecule has 0 radical (unpaired) electrons. The van der Waals surface area contributed by atoms with E-state index in [1.165, 1.54) is 17.2 Å². The number of methoxy groups -OCH3 is 1. The van der Waals surface area contributed by atoms with Gasteiger partial charge in [0.25, 0.3) is 0 Å². The first kappa shape index (κ1) is 14.9. The van der Waals surface area contributed by atoms with Crippen molar-refractivity contribution in [3.05, 3.63) is 77.5 Å². The number of benzene rings is 2. The molecule has 2 aromatic carbocycles. The van der Waals surface area contributed by atoms with Crippen LogP contribution < -0.4 is 10.1 Å². The number of rotatable bonds is 6. The molecule has 0 spiro atoms. The van der Waals surface area contributed by atoms with Crippen molar-refractivity contribution < 1.29 is 9.53 Å². The molecule has 0 aliphatic rings. The first-order chi connectivity index (χ1) is 10.2. The molecule has 108 valence electrons. The van der Waals surface area contributed by atoms with Crippen molar-refractivity contribution in [1.29, 1.82) is 0 Å². The number of carbonyl (C=O) groups is 1. The Morgan fingerprint density at radius 3 is 2.38 bits per heavy atom. The predicted octanol–water partition coefficient (Wildman–Crippen LogP) is 3.49. The van der Waals surface area contributed by atoms with Gasteiger partial charge in [-0.3, -0.25) is 4.79 Å². The monoisotopic (exact) mass is 281 g/mol. The first-order valence-corrected chi connectivity index (χ1v) is 6.83. The number of ketones is 1. The number of allylic oxidation sites excluding steroid dienone is 1. The molecule has 0 saturated heterocycles. The molecule has 0 fully saturated rings. The minimum atomic E-state index is -0.0333. The van der Waals surface area contributed by atoms with Crippen LogP contribution in [0.15, 0.2) is 60.8 Å². The highest BCUT2D eigenvalue weighted by molar-refractivity contribution is 6.04. The molecule has 0 aliphatic carbocycles. The fraction of sp³-hybridized carbons (Fsp3) is 0.167. The zero-order chi connectivity index (χ0) is 15.1. The lowest BCUT2D eigenvalue weighted by molar-refractivity contribution is 0.104. The van der Waals surface area contributed by atoms with Crippen LogP contribution in [0.3, 0.4) is 0 Å². The van der Waals surface area contributed by atoms with Crippen molar-refractivity contribution in [1.82, 2.24) is 5.32 Å². The van der Waals surface area contributed by atoms with Gasteiger partial charge in [0.15, 0.2) is 5.78 Å². The minimum Gasteiger partial charge on any atom is -0.497 e. The van der Waals surface area contributed by atoms with Crippen LogP contribution in [0.2, 0.25) is 0 Å². The molecular weight excluding hydrogens is 262 g/mol. The van der Waals surface area contributed by atoms with Crippen LogP contribution in [0.25, 0.3) is 0 Å². The molecule has 0 aliphatic heterocycles. The third-order valence-electron chi connectivity index (χ3n) is 3.15. The van der Waals surface area contributed by atoms with E-state index in [0.29, 0.717) is 12.1 Å². The molecule has 0 amide bonds. The number of hydrogen-bond acceptors (Lipinski definition) is 3. The highest BCUT2D eigenvalue weighted by Gasteiger charge is 2.01. The number of hydrogen-bond donors (Lipinski definition) is 1. The summed E-state index contributed by atoms with van der Waals surface area (Å²) in [6, 6.07) is 15.4. The summed E-state index contributed by atoms with van der Waals surface area (Å²) in [7, 11) is 1.60. The number of ether oxygens (including phenoxy) is 1. The van der Waals surface area contributed by atoms with Crippen LogP contribution in [-0.4, -0.2) is 12.9 Å². The Kier molecular flexibility index (Phi) is 5.16. The average Bonchev–Trinajstić information content (AvgIpc) is 2.53. The van der Waals surface area contributed by atoms with Crippen LogP contribution in [0.5, 0.6) is 5.75 Å². The van der Waals surface area contributed by atoms with E-state index in [1.807, 2.05) is 0 Å². The van der Waals surface area contributed by atoms with E-state index in [4.69, 9.17) is 4.74 Å². The summed E-state index contributed by atoms with van der Waals surface area (Å²) in [5.74, 6) is 0.710. The number of nitrogens with one attached hydrogen (secondary N) is 1. The molecule has 0 unspecified atom stereocenters. The molecule has 2 aromatic rings. The molecule has 0 heterocycles. The van der Waals surface area contributed by atoms with Gasteiger partial charge in [-0.15, -0.1) is 0 Å². The van der Waals surface area contributed by atoms with E-state index in [-0.39, 0.29) is 5.78 Å². The average molecular weight is 281 g/mol. The lowest BCUT2D eigenvalue weighted by atomic mass is 10.1. The molecule has 0 aromatic heterocycles. The van der Waals surface area contributed by atoms with E-state index in [2.05, 4.69) is 36.5 Å². The molecule has 1 N–H and O–H groups in total. The van der Waals surface area contributed by atoms with Crippen LogP contribution in [-0.2, 0) is 6.54 Å². The summed E-state index contributed by atoms with van der Waals surface area (Å²) < 4.78 is 5.06. The van der Waals surface area contributed by atoms with Crippen molar-refractivity contribution >= 4 is 5.78 Å². The largest absolute Gasteiger partial charge is 0.497 e. The van der Waals surface area contributed by atoms with Gasteiger partial charge in [-0.2, -0.15) is 0 Å². The minimum absolute atomic E-state index is 0.0333. The molecule has 0 atom stereocenters. The van der Waals surface area contributed by atoms with Crippen LogP contribution >= 0.6 is 0 Å². The first-order valence-electron chi connectivity index (χ1n) is 6.83. The molecular formula is C18H19NO2. The summed E-state index contributed by atoms with van der Waals surface area (Å²) in [5.41, 5.74) is 3.07. The van der Waals surface area contributed by atoms with E-state index < -0.39 is 0 Å². The van der Waals surface area contributed by atoms with Gasteiger partial charge in [0.2, 0.25) is 0 Å². The van der Waals surface area contributed by atoms with E-state index in [0.717, 1.165) is 5.75 Å². The fourth-order valence-corrected chi connectivity index (χ4v) is 1.87. The predicted molar refractivity (Wildman–Crippen MR) is 84.5 cm³/mol. The highest BCUT2D eigenvalue weighted by Crippen LogP contribution is 2.11. The maximum atomic E-state index is 11.9. The highest BCUT2D eigenvalue weighted by atomic mass is 16.5. The second-order valence-electron chi connectivity index (χ2n) is 4.79. The molecule has 3 heteroatoms. The van der Waals surface area contributed by atoms with Crippen LogP contribution in [0.1, 0.15) is 21.5 Å². The molecule has 3 nitrogen and oxygen atoms in total. The number of carbonyl (C=O) groups excluding carboxylic acids is 1. The maximum absolute atomic E-state index is 11.9. The second kappa shape index (κ2) is 7.29. The lowest BCUT2D eigenvalue weighted by Gasteiger charge is -2.02. The third-order valence-corrected chi connectivity index (χ3v) is 3.15. The topological polar surface area (TPSA) is 38.3 Å². The lowest BCUT2D eigenvalue weighted by Crippen LogP contribution is -2.05. The van der Waals surface area contributed by atoms with Gasteiger partial charge in [0.1, 0.15) is 5.75 Å². The Labute approximate surface area is 125 Å². The SMILES string of the molecule is COc1ccc(C(=O)/C=C/NCc2ccc(C)cc2)cc1. The smallest absolute Gasteiger partial charge is 0.187 e. The Morgan fingerprint density at radius 1 is 1.10 bits per heavy atom. The van der Waals surface area contributed by atoms with Crippen molar-refractivity contribution in [2.24, 2.45) is 0 Å². The molecule has 0 bridgehead atoms. The second-order valence-corrected chi connectivity index (χ2v) is 4.79. The zero-order valence-corrected chi connectivity index (χ0v) is 12.3. The van der Waals surface area contributed by atoms with Crippen LogP contribution in [0.4, 0.5) is 0 Å². The summed E-state index contributed by atoms with van der Waals surface area (Å²) in [5, 5.41) is 3.12. The van der Waals surface area contributed by atoms with Gasteiger partial charge in [-0.25, -0.2) is 0 Å². The van der Waals surface area contributed by atoms with Crippen molar-refractivity contribution in [2.75, 3.05) is 7.11 Å². The molecule has 0 saturated carbocycles. The quantitative estimate of drug-likeness (QED) is 0.650. The maximum Gasteiger partial charge on any atom is 0.187 e. The van der Waals surface area contributed by atoms with Gasteiger partial charge in [0.05, 0.1) is 7.11 Å². The van der Waals surface area contributed by atoms with Gasteiger partial charge in [0, 0.05) is 24.4 Å². The molecule has 2 rings (SSSR count). The fourth-order valence-electron chi connectivity index (χ4n) is 1.87. The Balaban J connectivity index is 1.85. The van der Waals surface area contributed by atoms with Gasteiger partial charge < -0.3 is 10.1 Å². The van der Waals surface area contributed by atoms with Gasteiger partial charge in [-0.05, 0) is 36.8 Å². The standard InChI is InChI=1S/C18H19NO2/c1-14-3-5-15(6-4-14)13-19-12-11-18(20)16-7-9-17(21-2)10-8-16/h3-12,19H,13H2,1-2H3/b12-11+. The van der Waals surface area contributed by atoms with E-state index in [1.54, 1.807) is 37.6 Å². The van der Waals surface area contributed by atoms with Crippen molar-refractivity contribution in [3.8, 4) is 5.75 Å². The zero-order valence-electron chi connectivity index (χ0n) is 12.3. The summed E-state index contributed by atoms with van der Waals surface area (Å²) in [6.07, 6.45) is 3.22. The van der Waals surface area contributed by atoms with E-state index >= 15 is 0 Å². The third kappa shape index (κ3) is 4.49. The van der Waals surface area contributed by atoms with Gasteiger partial charge in [-0.1, -0.05) is 29.8 Å². The van der Waals surface area contributed by atoms with Crippen LogP contribution in [0, 0.1) is 6.92 Å². The van der Waals surface area contributed by atoms with Crippen molar-refractivity contribution in [2.45, 2.75) is 13.5 Å². The summed E-state index contributed by atoms with van der Waals surface area (Å²) >= 11 is 0. The Morgan fingerprint density at radius 2 is 1.76 bits per heavy atom. The van der Waals surface area contributed by atoms with E-state index in [9.17, 15) is 4.79 Å². The summed E-state index contributed by atoms with van der Waals surface area (Å²) in [6.45, 7) is 2.76. The molecule has 21 heavy (non-hydrogen) atoms. The van der Waals surface area contributed by atoms with Crippen molar-refractivity contribution in [3.63, 3.8) is 0 Å². The Hall–Kier alpha value is -2.55. The normalized spacial score (nSPS) is 10.6. The summed E-state index contributed by atoms with van der Waals surface area (Å²) in [4.78, 5) is 11.9.